The number of rotatable bonds is 10. The molecule has 0 aliphatic carbocycles. The predicted octanol–water partition coefficient (Wildman–Crippen LogP) is 3.33. The first-order chi connectivity index (χ1) is 14.8. The topological polar surface area (TPSA) is 52.1 Å². The maximum Gasteiger partial charge on any atom is 0.191 e. The van der Waals surface area contributed by atoms with Crippen LogP contribution in [0.25, 0.3) is 0 Å². The van der Waals surface area contributed by atoms with Gasteiger partial charge < -0.3 is 20.3 Å². The lowest BCUT2D eigenvalue weighted by Gasteiger charge is -2.33. The van der Waals surface area contributed by atoms with Crippen LogP contribution in [0.3, 0.4) is 0 Å². The number of aliphatic imine (C=N–C) groups is 1. The molecule has 0 spiro atoms. The first kappa shape index (κ1) is 26.4. The first-order valence-corrected chi connectivity index (χ1v) is 11.8. The molecule has 1 unspecified atom stereocenters. The van der Waals surface area contributed by atoms with Crippen molar-refractivity contribution in [1.29, 1.82) is 0 Å². The molecule has 0 radical (unpaired) electrons. The molecule has 1 atom stereocenters. The van der Waals surface area contributed by atoms with Crippen LogP contribution in [0, 0.1) is 0 Å². The minimum Gasteiger partial charge on any atom is -0.385 e. The number of nitrogens with one attached hydrogen (secondary N) is 2. The summed E-state index contributed by atoms with van der Waals surface area (Å²) in [7, 11) is 1.78. The molecular formula is C24H42IN5O. The van der Waals surface area contributed by atoms with Crippen LogP contribution in [-0.4, -0.2) is 80.8 Å². The minimum absolute atomic E-state index is 0. The second-order valence-electron chi connectivity index (χ2n) is 8.58. The van der Waals surface area contributed by atoms with Crippen LogP contribution in [-0.2, 0) is 11.3 Å². The third-order valence-electron chi connectivity index (χ3n) is 6.28. The minimum atomic E-state index is 0. The van der Waals surface area contributed by atoms with Gasteiger partial charge in [0.2, 0.25) is 0 Å². The molecule has 2 fully saturated rings. The second kappa shape index (κ2) is 15.0. The van der Waals surface area contributed by atoms with Gasteiger partial charge in [-0.3, -0.25) is 9.89 Å². The molecule has 1 aromatic carbocycles. The van der Waals surface area contributed by atoms with Crippen molar-refractivity contribution in [2.24, 2.45) is 4.99 Å². The molecule has 0 amide bonds. The van der Waals surface area contributed by atoms with E-state index in [9.17, 15) is 0 Å². The Morgan fingerprint density at radius 2 is 1.90 bits per heavy atom. The second-order valence-corrected chi connectivity index (χ2v) is 8.58. The van der Waals surface area contributed by atoms with Gasteiger partial charge in [-0.2, -0.15) is 0 Å². The van der Waals surface area contributed by atoms with Gasteiger partial charge in [-0.25, -0.2) is 0 Å². The van der Waals surface area contributed by atoms with Crippen molar-refractivity contribution in [2.75, 3.05) is 53.0 Å². The summed E-state index contributed by atoms with van der Waals surface area (Å²) >= 11 is 0. The van der Waals surface area contributed by atoms with Crippen LogP contribution in [0.1, 0.15) is 44.6 Å². The molecule has 6 nitrogen and oxygen atoms in total. The highest BCUT2D eigenvalue weighted by Gasteiger charge is 2.25. The lowest BCUT2D eigenvalue weighted by atomic mass is 10.1. The van der Waals surface area contributed by atoms with Crippen molar-refractivity contribution in [3.8, 4) is 0 Å². The molecule has 2 N–H and O–H groups in total. The molecule has 31 heavy (non-hydrogen) atoms. The third-order valence-corrected chi connectivity index (χ3v) is 6.28. The highest BCUT2D eigenvalue weighted by Crippen LogP contribution is 2.20. The normalized spacial score (nSPS) is 21.1. The maximum atomic E-state index is 5.18. The molecule has 1 aromatic rings. The van der Waals surface area contributed by atoms with Crippen molar-refractivity contribution in [3.05, 3.63) is 35.9 Å². The Morgan fingerprint density at radius 3 is 2.61 bits per heavy atom. The van der Waals surface area contributed by atoms with Crippen LogP contribution in [0.2, 0.25) is 0 Å². The highest BCUT2D eigenvalue weighted by molar-refractivity contribution is 14.0. The summed E-state index contributed by atoms with van der Waals surface area (Å²) in [4.78, 5) is 10.1. The van der Waals surface area contributed by atoms with Gasteiger partial charge in [0.1, 0.15) is 0 Å². The van der Waals surface area contributed by atoms with Crippen molar-refractivity contribution >= 4 is 29.9 Å². The zero-order chi connectivity index (χ0) is 21.0. The van der Waals surface area contributed by atoms with Gasteiger partial charge in [0, 0.05) is 58.5 Å². The lowest BCUT2D eigenvalue weighted by molar-refractivity contribution is 0.155. The molecule has 0 saturated carbocycles. The lowest BCUT2D eigenvalue weighted by Crippen LogP contribution is -2.49. The van der Waals surface area contributed by atoms with E-state index in [1.165, 1.54) is 37.8 Å². The summed E-state index contributed by atoms with van der Waals surface area (Å²) < 4.78 is 5.18. The Balaban J connectivity index is 0.00000341. The quantitative estimate of drug-likeness (QED) is 0.205. The molecule has 2 aliphatic heterocycles. The van der Waals surface area contributed by atoms with Gasteiger partial charge in [0.05, 0.1) is 6.54 Å². The SMILES string of the molecule is CCNC(=NCC1CCCN1Cc1ccccc1)NC1CCN(CCCOC)CC1.I. The standard InChI is InChI=1S/C24H41N5O.HI/c1-3-25-24(27-22-12-16-28(17-13-22)14-8-18-30-2)26-19-23-11-7-15-29(23)20-21-9-5-4-6-10-21;/h4-6,9-10,22-23H,3,7-8,11-20H2,1-2H3,(H2,25,26,27);1H. The average molecular weight is 544 g/mol. The van der Waals surface area contributed by atoms with E-state index in [0.717, 1.165) is 58.3 Å². The summed E-state index contributed by atoms with van der Waals surface area (Å²) in [6, 6.07) is 11.9. The van der Waals surface area contributed by atoms with E-state index in [-0.39, 0.29) is 24.0 Å². The van der Waals surface area contributed by atoms with Crippen LogP contribution in [0.5, 0.6) is 0 Å². The number of benzene rings is 1. The number of guanidine groups is 1. The summed E-state index contributed by atoms with van der Waals surface area (Å²) in [5, 5.41) is 7.16. The molecule has 3 rings (SSSR count). The number of hydrogen-bond acceptors (Lipinski definition) is 4. The number of ether oxygens (including phenoxy) is 1. The van der Waals surface area contributed by atoms with Gasteiger partial charge in [0.15, 0.2) is 5.96 Å². The highest BCUT2D eigenvalue weighted by atomic mass is 127. The molecule has 2 saturated heterocycles. The van der Waals surface area contributed by atoms with Gasteiger partial charge in [0.25, 0.3) is 0 Å². The predicted molar refractivity (Wildman–Crippen MR) is 140 cm³/mol. The van der Waals surface area contributed by atoms with Crippen LogP contribution >= 0.6 is 24.0 Å². The molecule has 2 heterocycles. The van der Waals surface area contributed by atoms with E-state index in [0.29, 0.717) is 12.1 Å². The Bertz CT molecular complexity index is 622. The Hall–Kier alpha value is -0.900. The van der Waals surface area contributed by atoms with Crippen molar-refractivity contribution < 1.29 is 4.74 Å². The summed E-state index contributed by atoms with van der Waals surface area (Å²) in [5.41, 5.74) is 1.40. The maximum absolute atomic E-state index is 5.18. The van der Waals surface area contributed by atoms with Crippen LogP contribution < -0.4 is 10.6 Å². The van der Waals surface area contributed by atoms with Gasteiger partial charge in [-0.05, 0) is 51.1 Å². The zero-order valence-electron chi connectivity index (χ0n) is 19.4. The summed E-state index contributed by atoms with van der Waals surface area (Å²) in [6.07, 6.45) is 6.01. The number of halogens is 1. The largest absolute Gasteiger partial charge is 0.385 e. The van der Waals surface area contributed by atoms with E-state index < -0.39 is 0 Å². The van der Waals surface area contributed by atoms with Crippen molar-refractivity contribution in [2.45, 2.75) is 57.7 Å². The molecule has 0 bridgehead atoms. The summed E-state index contributed by atoms with van der Waals surface area (Å²) in [5.74, 6) is 0.988. The van der Waals surface area contributed by atoms with Gasteiger partial charge in [-0.15, -0.1) is 24.0 Å². The van der Waals surface area contributed by atoms with Crippen LogP contribution in [0.15, 0.2) is 35.3 Å². The van der Waals surface area contributed by atoms with E-state index in [2.05, 4.69) is 57.7 Å². The third kappa shape index (κ3) is 9.24. The zero-order valence-corrected chi connectivity index (χ0v) is 21.7. The van der Waals surface area contributed by atoms with E-state index >= 15 is 0 Å². The van der Waals surface area contributed by atoms with Crippen molar-refractivity contribution in [1.82, 2.24) is 20.4 Å². The monoisotopic (exact) mass is 543 g/mol. The molecule has 7 heteroatoms. The van der Waals surface area contributed by atoms with E-state index in [1.807, 2.05) is 0 Å². The Kier molecular flexibility index (Phi) is 12.8. The number of nitrogens with zero attached hydrogens (tertiary/aromatic N) is 3. The molecular weight excluding hydrogens is 501 g/mol. The number of hydrogen-bond donors (Lipinski definition) is 2. The number of likely N-dealkylation sites (tertiary alicyclic amines) is 2. The summed E-state index contributed by atoms with van der Waals surface area (Å²) in [6.45, 7) is 10.5. The van der Waals surface area contributed by atoms with Crippen molar-refractivity contribution in [3.63, 3.8) is 0 Å². The van der Waals surface area contributed by atoms with E-state index in [1.54, 1.807) is 7.11 Å². The fraction of sp³-hybridized carbons (Fsp3) is 0.708. The average Bonchev–Trinajstić information content (AvgIpc) is 3.21. The van der Waals surface area contributed by atoms with Gasteiger partial charge >= 0.3 is 0 Å². The molecule has 176 valence electrons. The van der Waals surface area contributed by atoms with E-state index in [4.69, 9.17) is 9.73 Å². The first-order valence-electron chi connectivity index (χ1n) is 11.8. The smallest absolute Gasteiger partial charge is 0.191 e. The molecule has 2 aliphatic rings. The Labute approximate surface area is 206 Å². The number of piperidine rings is 1. The van der Waals surface area contributed by atoms with Gasteiger partial charge in [-0.1, -0.05) is 30.3 Å². The fourth-order valence-corrected chi connectivity index (χ4v) is 4.57. The fourth-order valence-electron chi connectivity index (χ4n) is 4.57. The van der Waals surface area contributed by atoms with Crippen LogP contribution in [0.4, 0.5) is 0 Å². The Morgan fingerprint density at radius 1 is 1.13 bits per heavy atom. The molecule has 0 aromatic heterocycles. The number of methoxy groups -OCH3 is 1.